The van der Waals surface area contributed by atoms with Crippen LogP contribution in [0.1, 0.15) is 58.3 Å². The van der Waals surface area contributed by atoms with Crippen molar-refractivity contribution in [1.82, 2.24) is 15.0 Å². The molecule has 9 unspecified atom stereocenters. The number of carbonyl (C=O) groups excluding carboxylic acids is 1. The van der Waals surface area contributed by atoms with Gasteiger partial charge in [0.15, 0.2) is 5.78 Å². The zero-order valence-electron chi connectivity index (χ0n) is 17.5. The van der Waals surface area contributed by atoms with Crippen LogP contribution in [-0.4, -0.2) is 37.4 Å². The van der Waals surface area contributed by atoms with Gasteiger partial charge in [0.25, 0.3) is 5.92 Å². The number of nitrogens with zero attached hydrogens (tertiary/aromatic N) is 3. The summed E-state index contributed by atoms with van der Waals surface area (Å²) >= 11 is 0. The van der Waals surface area contributed by atoms with Crippen LogP contribution in [-0.2, 0) is 11.3 Å². The summed E-state index contributed by atoms with van der Waals surface area (Å²) in [7, 11) is 0. The standard InChI is InChI=1S/C23H31F2N3O2/c1-21-8-6-13-14-7-9-22(30)20(23(22,24)25)16(14)3-2-15(13)17(21)4-5-18(21)19(29)12-28-26-10-11-27-28/h10-11,13-18,20,30H,2-9,12H2,1H3. The Hall–Kier alpha value is -1.37. The maximum absolute atomic E-state index is 14.4. The highest BCUT2D eigenvalue weighted by Crippen LogP contribution is 2.73. The molecule has 5 aliphatic rings. The first-order valence-corrected chi connectivity index (χ1v) is 11.7. The van der Waals surface area contributed by atoms with Crippen molar-refractivity contribution in [2.24, 2.45) is 46.8 Å². The molecule has 0 amide bonds. The van der Waals surface area contributed by atoms with E-state index in [0.717, 1.165) is 44.9 Å². The van der Waals surface area contributed by atoms with Gasteiger partial charge < -0.3 is 5.11 Å². The summed E-state index contributed by atoms with van der Waals surface area (Å²) in [6.07, 6.45) is 10.1. The largest absolute Gasteiger partial charge is 0.383 e. The van der Waals surface area contributed by atoms with Crippen molar-refractivity contribution in [3.63, 3.8) is 0 Å². The van der Waals surface area contributed by atoms with E-state index in [1.165, 1.54) is 4.80 Å². The lowest BCUT2D eigenvalue weighted by Gasteiger charge is -2.55. The topological polar surface area (TPSA) is 68.0 Å². The molecular formula is C23H31F2N3O2. The minimum absolute atomic E-state index is 0.0111. The molecule has 164 valence electrons. The Morgan fingerprint density at radius 2 is 1.67 bits per heavy atom. The summed E-state index contributed by atoms with van der Waals surface area (Å²) in [4.78, 5) is 14.6. The third-order valence-electron chi connectivity index (χ3n) is 10.3. The van der Waals surface area contributed by atoms with Gasteiger partial charge in [-0.3, -0.25) is 4.79 Å². The molecule has 0 aromatic carbocycles. The molecule has 1 heterocycles. The lowest BCUT2D eigenvalue weighted by molar-refractivity contribution is -0.132. The Balaban J connectivity index is 1.21. The Morgan fingerprint density at radius 1 is 1.00 bits per heavy atom. The van der Waals surface area contributed by atoms with E-state index in [4.69, 9.17) is 0 Å². The van der Waals surface area contributed by atoms with E-state index >= 15 is 0 Å². The van der Waals surface area contributed by atoms with Crippen molar-refractivity contribution in [2.75, 3.05) is 0 Å². The number of aliphatic hydroxyl groups is 1. The van der Waals surface area contributed by atoms with E-state index in [1.54, 1.807) is 12.4 Å². The second-order valence-electron chi connectivity index (χ2n) is 11.1. The fourth-order valence-electron chi connectivity index (χ4n) is 8.93. The van der Waals surface area contributed by atoms with E-state index in [9.17, 15) is 18.7 Å². The van der Waals surface area contributed by atoms with E-state index in [1.807, 2.05) is 0 Å². The lowest BCUT2D eigenvalue weighted by atomic mass is 9.49. The molecule has 1 aromatic rings. The number of halogens is 2. The van der Waals surface area contributed by atoms with Crippen LogP contribution >= 0.6 is 0 Å². The van der Waals surface area contributed by atoms with Gasteiger partial charge in [0.05, 0.1) is 18.3 Å². The quantitative estimate of drug-likeness (QED) is 0.811. The van der Waals surface area contributed by atoms with Crippen LogP contribution in [0.5, 0.6) is 0 Å². The molecule has 30 heavy (non-hydrogen) atoms. The number of Topliss-reactive ketones (excluding diaryl/α,β-unsaturated/α-hetero) is 1. The SMILES string of the molecule is CC12CCC3C4CCC5(O)C(C4CCC3C1CCC2C(=O)Cn1nccn1)C5(F)F. The molecule has 0 spiro atoms. The summed E-state index contributed by atoms with van der Waals surface area (Å²) in [6.45, 7) is 2.55. The normalized spacial score (nSPS) is 50.7. The van der Waals surface area contributed by atoms with Crippen molar-refractivity contribution in [2.45, 2.75) is 76.4 Å². The number of rotatable bonds is 3. The van der Waals surface area contributed by atoms with Crippen LogP contribution in [0.15, 0.2) is 12.4 Å². The number of carbonyl (C=O) groups is 1. The summed E-state index contributed by atoms with van der Waals surface area (Å²) < 4.78 is 28.7. The highest BCUT2D eigenvalue weighted by molar-refractivity contribution is 5.81. The Morgan fingerprint density at radius 3 is 2.43 bits per heavy atom. The number of fused-ring (bicyclic) bond motifs is 7. The minimum Gasteiger partial charge on any atom is -0.383 e. The van der Waals surface area contributed by atoms with Crippen LogP contribution < -0.4 is 0 Å². The van der Waals surface area contributed by atoms with Gasteiger partial charge in [-0.05, 0) is 86.4 Å². The molecule has 7 heteroatoms. The molecule has 0 bridgehead atoms. The number of hydrogen-bond donors (Lipinski definition) is 1. The number of ketones is 1. The zero-order chi connectivity index (χ0) is 20.9. The fraction of sp³-hybridized carbons (Fsp3) is 0.870. The van der Waals surface area contributed by atoms with Crippen molar-refractivity contribution in [3.8, 4) is 0 Å². The van der Waals surface area contributed by atoms with E-state index in [2.05, 4.69) is 17.1 Å². The molecule has 9 atom stereocenters. The highest BCUT2D eigenvalue weighted by Gasteiger charge is 2.84. The maximum Gasteiger partial charge on any atom is 0.282 e. The molecule has 5 nitrogen and oxygen atoms in total. The van der Waals surface area contributed by atoms with Crippen molar-refractivity contribution < 1.29 is 18.7 Å². The van der Waals surface area contributed by atoms with Crippen LogP contribution in [0.25, 0.3) is 0 Å². The van der Waals surface area contributed by atoms with E-state index in [0.29, 0.717) is 23.7 Å². The van der Waals surface area contributed by atoms with Crippen LogP contribution in [0, 0.1) is 46.8 Å². The van der Waals surface area contributed by atoms with Gasteiger partial charge in [-0.1, -0.05) is 6.92 Å². The van der Waals surface area contributed by atoms with Gasteiger partial charge in [-0.25, -0.2) is 8.78 Å². The average molecular weight is 420 g/mol. The molecule has 0 saturated heterocycles. The molecule has 1 aromatic heterocycles. The average Bonchev–Trinajstić information content (AvgIpc) is 3.13. The van der Waals surface area contributed by atoms with Gasteiger partial charge in [-0.2, -0.15) is 15.0 Å². The van der Waals surface area contributed by atoms with Crippen molar-refractivity contribution >= 4 is 5.78 Å². The first-order valence-electron chi connectivity index (χ1n) is 11.7. The highest BCUT2D eigenvalue weighted by atomic mass is 19.3. The Labute approximate surface area is 175 Å². The molecule has 0 radical (unpaired) electrons. The molecule has 0 aliphatic heterocycles. The zero-order valence-corrected chi connectivity index (χ0v) is 17.5. The molecule has 5 saturated carbocycles. The molecule has 5 aliphatic carbocycles. The molecule has 1 N–H and O–H groups in total. The maximum atomic E-state index is 14.4. The first kappa shape index (κ1) is 19.3. The van der Waals surface area contributed by atoms with Gasteiger partial charge >= 0.3 is 0 Å². The second kappa shape index (κ2) is 6.11. The minimum atomic E-state index is -2.88. The smallest absolute Gasteiger partial charge is 0.282 e. The molecule has 5 fully saturated rings. The van der Waals surface area contributed by atoms with Crippen LogP contribution in [0.2, 0.25) is 0 Å². The van der Waals surface area contributed by atoms with E-state index < -0.39 is 17.4 Å². The predicted octanol–water partition coefficient (Wildman–Crippen LogP) is 3.72. The number of alkyl halides is 2. The summed E-state index contributed by atoms with van der Waals surface area (Å²) in [5.74, 6) is -1.54. The monoisotopic (exact) mass is 419 g/mol. The lowest BCUT2D eigenvalue weighted by Crippen LogP contribution is -2.50. The van der Waals surface area contributed by atoms with Crippen LogP contribution in [0.4, 0.5) is 8.78 Å². The van der Waals surface area contributed by atoms with Crippen LogP contribution in [0.3, 0.4) is 0 Å². The third-order valence-corrected chi connectivity index (χ3v) is 10.3. The summed E-state index contributed by atoms with van der Waals surface area (Å²) in [5, 5.41) is 18.6. The van der Waals surface area contributed by atoms with E-state index in [-0.39, 0.29) is 36.0 Å². The Bertz CT molecular complexity index is 861. The molecular weight excluding hydrogens is 388 g/mol. The third kappa shape index (κ3) is 2.33. The van der Waals surface area contributed by atoms with Gasteiger partial charge in [-0.15, -0.1) is 0 Å². The van der Waals surface area contributed by atoms with Crippen molar-refractivity contribution in [3.05, 3.63) is 12.4 Å². The second-order valence-corrected chi connectivity index (χ2v) is 11.1. The van der Waals surface area contributed by atoms with Gasteiger partial charge in [0, 0.05) is 5.92 Å². The Kier molecular flexibility index (Phi) is 3.94. The van der Waals surface area contributed by atoms with Crippen molar-refractivity contribution in [1.29, 1.82) is 0 Å². The van der Waals surface area contributed by atoms with Gasteiger partial charge in [0.2, 0.25) is 0 Å². The van der Waals surface area contributed by atoms with Gasteiger partial charge in [0.1, 0.15) is 12.1 Å². The number of aromatic nitrogens is 3. The number of hydrogen-bond acceptors (Lipinski definition) is 4. The first-order chi connectivity index (χ1) is 14.3. The fourth-order valence-corrected chi connectivity index (χ4v) is 8.93. The summed E-state index contributed by atoms with van der Waals surface area (Å²) in [5.41, 5.74) is -1.70. The summed E-state index contributed by atoms with van der Waals surface area (Å²) in [6, 6.07) is 0. The predicted molar refractivity (Wildman–Crippen MR) is 104 cm³/mol. The molecule has 6 rings (SSSR count).